The Morgan fingerprint density at radius 1 is 1.11 bits per heavy atom. The summed E-state index contributed by atoms with van der Waals surface area (Å²) in [5.74, 6) is -0.163. The molecule has 7 nitrogen and oxygen atoms in total. The van der Waals surface area contributed by atoms with Crippen molar-refractivity contribution in [3.63, 3.8) is 0 Å². The number of nitrogens with one attached hydrogen (secondary N) is 1. The number of benzene rings is 2. The molecule has 2 rings (SSSR count). The summed E-state index contributed by atoms with van der Waals surface area (Å²) in [6.07, 6.45) is -1.04. The fourth-order valence-corrected chi connectivity index (χ4v) is 3.06. The van der Waals surface area contributed by atoms with Gasteiger partial charge in [0.1, 0.15) is 6.61 Å². The number of carbonyl (C=O) groups excluding carboxylic acids is 1. The van der Waals surface area contributed by atoms with E-state index < -0.39 is 18.1 Å². The first-order chi connectivity index (χ1) is 12.9. The molecule has 144 valence electrons. The first-order valence-corrected chi connectivity index (χ1v) is 8.84. The Labute approximate surface area is 165 Å². The van der Waals surface area contributed by atoms with E-state index in [4.69, 9.17) is 14.2 Å². The van der Waals surface area contributed by atoms with Crippen LogP contribution in [0.2, 0.25) is 0 Å². The van der Waals surface area contributed by atoms with E-state index in [1.165, 1.54) is 14.2 Å². The Morgan fingerprint density at radius 2 is 1.74 bits per heavy atom. The molecule has 0 unspecified atom stereocenters. The van der Waals surface area contributed by atoms with Crippen LogP contribution in [0.15, 0.2) is 46.9 Å². The Balaban J connectivity index is 2.17. The number of hydrogen-bond donors (Lipinski definition) is 2. The number of ether oxygens (including phenoxy) is 3. The van der Waals surface area contributed by atoms with Gasteiger partial charge in [-0.25, -0.2) is 4.79 Å². The van der Waals surface area contributed by atoms with Crippen molar-refractivity contribution < 1.29 is 28.9 Å². The van der Waals surface area contributed by atoms with E-state index in [0.717, 1.165) is 5.56 Å². The minimum absolute atomic E-state index is 0.0829. The highest BCUT2D eigenvalue weighted by Crippen LogP contribution is 2.37. The number of alkyl carbamates (subject to hydrolysis) is 1. The number of carboxylic acids is 1. The molecular weight excluding hydrogens is 418 g/mol. The summed E-state index contributed by atoms with van der Waals surface area (Å²) in [6.45, 7) is 0.0829. The van der Waals surface area contributed by atoms with Gasteiger partial charge in [-0.3, -0.25) is 4.79 Å². The number of carboxylic acid groups (broad SMARTS) is 1. The van der Waals surface area contributed by atoms with Crippen LogP contribution >= 0.6 is 15.9 Å². The molecule has 1 atom stereocenters. The van der Waals surface area contributed by atoms with Gasteiger partial charge in [-0.05, 0) is 23.3 Å². The molecule has 0 aliphatic carbocycles. The van der Waals surface area contributed by atoms with Crippen LogP contribution in [-0.4, -0.2) is 31.4 Å². The summed E-state index contributed by atoms with van der Waals surface area (Å²) >= 11 is 3.39. The van der Waals surface area contributed by atoms with Crippen molar-refractivity contribution in [2.45, 2.75) is 19.1 Å². The Morgan fingerprint density at radius 3 is 2.33 bits per heavy atom. The second-order valence-corrected chi connectivity index (χ2v) is 6.44. The number of amides is 1. The minimum Gasteiger partial charge on any atom is -0.493 e. The van der Waals surface area contributed by atoms with E-state index in [2.05, 4.69) is 21.2 Å². The summed E-state index contributed by atoms with van der Waals surface area (Å²) in [6, 6.07) is 11.6. The monoisotopic (exact) mass is 437 g/mol. The molecule has 0 aliphatic rings. The summed E-state index contributed by atoms with van der Waals surface area (Å²) in [5.41, 5.74) is 1.36. The molecule has 0 spiro atoms. The summed E-state index contributed by atoms with van der Waals surface area (Å²) < 4.78 is 16.2. The maximum atomic E-state index is 12.2. The van der Waals surface area contributed by atoms with E-state index in [-0.39, 0.29) is 13.0 Å². The lowest BCUT2D eigenvalue weighted by molar-refractivity contribution is -0.137. The average molecular weight is 438 g/mol. The van der Waals surface area contributed by atoms with Gasteiger partial charge in [-0.15, -0.1) is 0 Å². The zero-order valence-corrected chi connectivity index (χ0v) is 16.5. The summed E-state index contributed by atoms with van der Waals surface area (Å²) in [4.78, 5) is 23.4. The normalized spacial score (nSPS) is 11.4. The van der Waals surface area contributed by atoms with Gasteiger partial charge in [-0.2, -0.15) is 0 Å². The van der Waals surface area contributed by atoms with Crippen molar-refractivity contribution in [2.24, 2.45) is 0 Å². The third-order valence-electron chi connectivity index (χ3n) is 3.76. The Hall–Kier alpha value is -2.74. The lowest BCUT2D eigenvalue weighted by atomic mass is 10.0. The van der Waals surface area contributed by atoms with Crippen molar-refractivity contribution in [1.82, 2.24) is 5.32 Å². The van der Waals surface area contributed by atoms with E-state index in [9.17, 15) is 14.7 Å². The fourth-order valence-electron chi connectivity index (χ4n) is 2.46. The van der Waals surface area contributed by atoms with Gasteiger partial charge in [0.2, 0.25) is 0 Å². The van der Waals surface area contributed by atoms with E-state index >= 15 is 0 Å². The third-order valence-corrected chi connectivity index (χ3v) is 4.45. The zero-order chi connectivity index (χ0) is 19.8. The van der Waals surface area contributed by atoms with Gasteiger partial charge in [0, 0.05) is 4.47 Å². The second-order valence-electron chi connectivity index (χ2n) is 5.59. The number of methoxy groups -OCH3 is 2. The fraction of sp³-hybridized carbons (Fsp3) is 0.263. The highest BCUT2D eigenvalue weighted by atomic mass is 79.9. The van der Waals surface area contributed by atoms with Gasteiger partial charge in [-0.1, -0.05) is 46.3 Å². The molecule has 0 aliphatic heterocycles. The number of rotatable bonds is 8. The van der Waals surface area contributed by atoms with Crippen LogP contribution < -0.4 is 14.8 Å². The molecule has 0 aromatic heterocycles. The van der Waals surface area contributed by atoms with Crippen LogP contribution in [0, 0.1) is 0 Å². The van der Waals surface area contributed by atoms with Gasteiger partial charge >= 0.3 is 12.1 Å². The molecule has 1 amide bonds. The van der Waals surface area contributed by atoms with Crippen LogP contribution in [-0.2, 0) is 16.1 Å². The largest absolute Gasteiger partial charge is 0.493 e. The molecule has 8 heteroatoms. The van der Waals surface area contributed by atoms with Crippen molar-refractivity contribution in [1.29, 1.82) is 0 Å². The number of halogens is 1. The highest BCUT2D eigenvalue weighted by molar-refractivity contribution is 9.10. The molecule has 0 heterocycles. The summed E-state index contributed by atoms with van der Waals surface area (Å²) in [5, 5.41) is 11.8. The zero-order valence-electron chi connectivity index (χ0n) is 14.9. The minimum atomic E-state index is -1.06. The number of aliphatic carboxylic acids is 1. The number of hydrogen-bond acceptors (Lipinski definition) is 5. The first-order valence-electron chi connectivity index (χ1n) is 8.05. The average Bonchev–Trinajstić information content (AvgIpc) is 2.66. The topological polar surface area (TPSA) is 94.1 Å². The Bertz CT molecular complexity index is 796. The number of carbonyl (C=O) groups is 2. The molecule has 0 radical (unpaired) electrons. The SMILES string of the molecule is COc1cc(Br)c([C@@H](CC(=O)O)NC(=O)OCc2ccccc2)cc1OC. The van der Waals surface area contributed by atoms with E-state index in [0.29, 0.717) is 21.5 Å². The predicted octanol–water partition coefficient (Wildman–Crippen LogP) is 3.91. The van der Waals surface area contributed by atoms with Crippen LogP contribution in [0.4, 0.5) is 4.79 Å². The standard InChI is InChI=1S/C19H20BrNO6/c1-25-16-8-13(14(20)9-17(16)26-2)15(10-18(22)23)21-19(24)27-11-12-6-4-3-5-7-12/h3-9,15H,10-11H2,1-2H3,(H,21,24)(H,22,23)/t15-/m1/s1. The maximum Gasteiger partial charge on any atom is 0.407 e. The molecule has 2 N–H and O–H groups in total. The van der Waals surface area contributed by atoms with Crippen molar-refractivity contribution in [3.8, 4) is 11.5 Å². The van der Waals surface area contributed by atoms with E-state index in [1.54, 1.807) is 12.1 Å². The van der Waals surface area contributed by atoms with Crippen LogP contribution in [0.3, 0.4) is 0 Å². The molecule has 2 aromatic carbocycles. The van der Waals surface area contributed by atoms with Crippen molar-refractivity contribution >= 4 is 28.0 Å². The van der Waals surface area contributed by atoms with Crippen molar-refractivity contribution in [3.05, 3.63) is 58.1 Å². The molecule has 27 heavy (non-hydrogen) atoms. The molecule has 2 aromatic rings. The van der Waals surface area contributed by atoms with Crippen LogP contribution in [0.1, 0.15) is 23.6 Å². The van der Waals surface area contributed by atoms with Gasteiger partial charge in [0.15, 0.2) is 11.5 Å². The second kappa shape index (κ2) is 9.82. The Kier molecular flexibility index (Phi) is 7.48. The molecular formula is C19H20BrNO6. The maximum absolute atomic E-state index is 12.2. The summed E-state index contributed by atoms with van der Waals surface area (Å²) in [7, 11) is 2.97. The lowest BCUT2D eigenvalue weighted by Crippen LogP contribution is -2.31. The smallest absolute Gasteiger partial charge is 0.407 e. The van der Waals surface area contributed by atoms with E-state index in [1.807, 2.05) is 30.3 Å². The predicted molar refractivity (Wildman–Crippen MR) is 102 cm³/mol. The lowest BCUT2D eigenvalue weighted by Gasteiger charge is -2.20. The molecule has 0 bridgehead atoms. The van der Waals surface area contributed by atoms with Crippen molar-refractivity contribution in [2.75, 3.05) is 14.2 Å². The molecule has 0 fully saturated rings. The van der Waals surface area contributed by atoms with Gasteiger partial charge in [0.25, 0.3) is 0 Å². The molecule has 0 saturated carbocycles. The third kappa shape index (κ3) is 5.89. The van der Waals surface area contributed by atoms with Crippen LogP contribution in [0.25, 0.3) is 0 Å². The van der Waals surface area contributed by atoms with Gasteiger partial charge < -0.3 is 24.6 Å². The van der Waals surface area contributed by atoms with Crippen LogP contribution in [0.5, 0.6) is 11.5 Å². The highest BCUT2D eigenvalue weighted by Gasteiger charge is 2.23. The first kappa shape index (κ1) is 20.6. The van der Waals surface area contributed by atoms with Gasteiger partial charge in [0.05, 0.1) is 26.7 Å². The quantitative estimate of drug-likeness (QED) is 0.649. The molecule has 0 saturated heterocycles.